The largest absolute Gasteiger partial charge is 0.756 e. The summed E-state index contributed by atoms with van der Waals surface area (Å²) in [5.41, 5.74) is 0. The first-order chi connectivity index (χ1) is 13.6. The minimum Gasteiger partial charge on any atom is -0.756 e. The van der Waals surface area contributed by atoms with Crippen molar-refractivity contribution in [2.75, 3.05) is 54.1 Å². The van der Waals surface area contributed by atoms with Crippen LogP contribution in [-0.2, 0) is 27.9 Å². The second-order valence-electron chi connectivity index (χ2n) is 8.29. The number of likely N-dealkylation sites (N-methyl/N-ethyl adjacent to an activating group) is 1. The molecule has 2 unspecified atom stereocenters. The highest BCUT2D eigenvalue weighted by Crippen LogP contribution is 2.38. The highest BCUT2D eigenvalue weighted by Gasteiger charge is 2.20. The first-order valence-corrected chi connectivity index (χ1v) is 12.2. The van der Waals surface area contributed by atoms with Crippen LogP contribution in [0.4, 0.5) is 0 Å². The van der Waals surface area contributed by atoms with Crippen LogP contribution in [0.3, 0.4) is 0 Å². The third-order valence-corrected chi connectivity index (χ3v) is 5.12. The van der Waals surface area contributed by atoms with E-state index in [-0.39, 0.29) is 25.8 Å². The fourth-order valence-corrected chi connectivity index (χ4v) is 3.09. The van der Waals surface area contributed by atoms with Gasteiger partial charge in [0.25, 0.3) is 7.82 Å². The van der Waals surface area contributed by atoms with E-state index in [1.165, 1.54) is 0 Å². The third-order valence-electron chi connectivity index (χ3n) is 4.16. The SMILES string of the molecule is CCCCCCOCC(COP(=O)([O-])OCC[N+](C)(C)C)OC(=O)CCCCC. The Morgan fingerprint density at radius 1 is 0.931 bits per heavy atom. The lowest BCUT2D eigenvalue weighted by Crippen LogP contribution is -2.37. The molecule has 0 N–H and O–H groups in total. The smallest absolute Gasteiger partial charge is 0.306 e. The predicted molar refractivity (Wildman–Crippen MR) is 111 cm³/mol. The number of ether oxygens (including phenoxy) is 2. The van der Waals surface area contributed by atoms with Gasteiger partial charge in [-0.3, -0.25) is 9.36 Å². The topological polar surface area (TPSA) is 94.1 Å². The molecule has 0 rings (SSSR count). The first kappa shape index (κ1) is 28.5. The number of rotatable bonds is 19. The zero-order chi connectivity index (χ0) is 22.2. The molecule has 0 saturated heterocycles. The molecule has 0 aliphatic rings. The van der Waals surface area contributed by atoms with Crippen LogP contribution in [0.1, 0.15) is 65.2 Å². The van der Waals surface area contributed by atoms with Crippen molar-refractivity contribution in [1.29, 1.82) is 0 Å². The minimum absolute atomic E-state index is 0.0275. The normalized spacial score (nSPS) is 15.1. The van der Waals surface area contributed by atoms with Gasteiger partial charge in [0.2, 0.25) is 0 Å². The number of hydrogen-bond acceptors (Lipinski definition) is 7. The Morgan fingerprint density at radius 2 is 1.59 bits per heavy atom. The number of unbranched alkanes of at least 4 members (excludes halogenated alkanes) is 5. The Balaban J connectivity index is 4.45. The molecule has 0 spiro atoms. The number of nitrogens with zero attached hydrogens (tertiary/aromatic N) is 1. The van der Waals surface area contributed by atoms with Crippen molar-refractivity contribution in [1.82, 2.24) is 0 Å². The number of esters is 1. The molecule has 0 aromatic heterocycles. The van der Waals surface area contributed by atoms with Crippen LogP contribution in [0.25, 0.3) is 0 Å². The van der Waals surface area contributed by atoms with E-state index in [0.717, 1.165) is 44.9 Å². The quantitative estimate of drug-likeness (QED) is 0.132. The summed E-state index contributed by atoms with van der Waals surface area (Å²) in [6.45, 7) is 5.07. The molecule has 9 heteroatoms. The lowest BCUT2D eigenvalue weighted by molar-refractivity contribution is -0.870. The highest BCUT2D eigenvalue weighted by atomic mass is 31.2. The zero-order valence-corrected chi connectivity index (χ0v) is 19.9. The van der Waals surface area contributed by atoms with Gasteiger partial charge in [-0.15, -0.1) is 0 Å². The molecule has 0 fully saturated rings. The lowest BCUT2D eigenvalue weighted by Gasteiger charge is -2.28. The van der Waals surface area contributed by atoms with Crippen LogP contribution in [-0.4, -0.2) is 70.7 Å². The van der Waals surface area contributed by atoms with E-state index in [2.05, 4.69) is 13.8 Å². The second-order valence-corrected chi connectivity index (χ2v) is 9.71. The number of carbonyl (C=O) groups is 1. The van der Waals surface area contributed by atoms with Crippen molar-refractivity contribution in [3.63, 3.8) is 0 Å². The van der Waals surface area contributed by atoms with Crippen molar-refractivity contribution in [2.24, 2.45) is 0 Å². The molecule has 0 aromatic carbocycles. The molecule has 2 atom stereocenters. The summed E-state index contributed by atoms with van der Waals surface area (Å²) < 4.78 is 33.3. The summed E-state index contributed by atoms with van der Waals surface area (Å²) in [5, 5.41) is 0. The molecule has 8 nitrogen and oxygen atoms in total. The fraction of sp³-hybridized carbons (Fsp3) is 0.950. The molecular weight excluding hydrogens is 397 g/mol. The summed E-state index contributed by atoms with van der Waals surface area (Å²) in [6, 6.07) is 0. The van der Waals surface area contributed by atoms with Crippen molar-refractivity contribution < 1.29 is 37.3 Å². The van der Waals surface area contributed by atoms with Crippen molar-refractivity contribution in [3.05, 3.63) is 0 Å². The van der Waals surface area contributed by atoms with E-state index in [9.17, 15) is 14.3 Å². The number of phosphoric ester groups is 1. The lowest BCUT2D eigenvalue weighted by atomic mass is 10.2. The third kappa shape index (κ3) is 19.2. The van der Waals surface area contributed by atoms with E-state index in [1.54, 1.807) is 0 Å². The summed E-state index contributed by atoms with van der Waals surface area (Å²) >= 11 is 0. The number of quaternary nitrogens is 1. The summed E-state index contributed by atoms with van der Waals surface area (Å²) in [4.78, 5) is 24.0. The van der Waals surface area contributed by atoms with Gasteiger partial charge < -0.3 is 27.9 Å². The Hall–Kier alpha value is -0.500. The monoisotopic (exact) mass is 439 g/mol. The van der Waals surface area contributed by atoms with E-state index in [1.807, 2.05) is 21.1 Å². The maximum absolute atomic E-state index is 12.0. The average molecular weight is 440 g/mol. The molecule has 0 heterocycles. The number of phosphoric acid groups is 1. The van der Waals surface area contributed by atoms with Gasteiger partial charge in [-0.25, -0.2) is 0 Å². The maximum atomic E-state index is 12.0. The van der Waals surface area contributed by atoms with Crippen LogP contribution < -0.4 is 4.89 Å². The average Bonchev–Trinajstić information content (AvgIpc) is 2.61. The van der Waals surface area contributed by atoms with Crippen molar-refractivity contribution in [3.8, 4) is 0 Å². The summed E-state index contributed by atoms with van der Waals surface area (Å²) in [7, 11) is 1.35. The van der Waals surface area contributed by atoms with E-state index in [4.69, 9.17) is 18.5 Å². The number of hydrogen-bond donors (Lipinski definition) is 0. The first-order valence-electron chi connectivity index (χ1n) is 10.8. The maximum Gasteiger partial charge on any atom is 0.306 e. The molecule has 0 aromatic rings. The Kier molecular flexibility index (Phi) is 15.9. The van der Waals surface area contributed by atoms with E-state index < -0.39 is 13.9 Å². The molecule has 0 aliphatic carbocycles. The van der Waals surface area contributed by atoms with Crippen LogP contribution >= 0.6 is 7.82 Å². The van der Waals surface area contributed by atoms with Gasteiger partial charge in [0.15, 0.2) is 0 Å². The molecule has 0 aliphatic heterocycles. The highest BCUT2D eigenvalue weighted by molar-refractivity contribution is 7.45. The van der Waals surface area contributed by atoms with Gasteiger partial charge in [0.05, 0.1) is 34.4 Å². The van der Waals surface area contributed by atoms with Crippen LogP contribution in [0.15, 0.2) is 0 Å². The number of carbonyl (C=O) groups excluding carboxylic acids is 1. The van der Waals surface area contributed by atoms with Gasteiger partial charge in [-0.1, -0.05) is 46.0 Å². The zero-order valence-electron chi connectivity index (χ0n) is 19.0. The van der Waals surface area contributed by atoms with Gasteiger partial charge in [0, 0.05) is 13.0 Å². The Bertz CT molecular complexity index is 468. The van der Waals surface area contributed by atoms with Crippen LogP contribution in [0.5, 0.6) is 0 Å². The molecule has 0 amide bonds. The Labute approximate surface area is 177 Å². The molecule has 0 radical (unpaired) electrons. The molecule has 174 valence electrons. The van der Waals surface area contributed by atoms with E-state index in [0.29, 0.717) is 24.1 Å². The Morgan fingerprint density at radius 3 is 2.21 bits per heavy atom. The van der Waals surface area contributed by atoms with Gasteiger partial charge in [-0.05, 0) is 12.8 Å². The van der Waals surface area contributed by atoms with Gasteiger partial charge in [-0.2, -0.15) is 0 Å². The second kappa shape index (κ2) is 16.2. The van der Waals surface area contributed by atoms with Crippen molar-refractivity contribution >= 4 is 13.8 Å². The van der Waals surface area contributed by atoms with Crippen LogP contribution in [0.2, 0.25) is 0 Å². The fourth-order valence-electron chi connectivity index (χ4n) is 2.36. The van der Waals surface area contributed by atoms with E-state index >= 15 is 0 Å². The minimum atomic E-state index is -4.46. The predicted octanol–water partition coefficient (Wildman–Crippen LogP) is 3.28. The van der Waals surface area contributed by atoms with Crippen LogP contribution in [0, 0.1) is 0 Å². The standard InChI is InChI=1S/C20H42NO7P/c1-6-8-10-12-15-25-17-19(28-20(22)13-11-9-7-2)18-27-29(23,24)26-16-14-21(3,4)5/h19H,6-18H2,1-5H3. The van der Waals surface area contributed by atoms with Gasteiger partial charge >= 0.3 is 5.97 Å². The molecule has 0 saturated carbocycles. The summed E-state index contributed by atoms with van der Waals surface area (Å²) in [5.74, 6) is -0.367. The molecule has 0 bridgehead atoms. The summed E-state index contributed by atoms with van der Waals surface area (Å²) in [6.07, 6.45) is 6.49. The van der Waals surface area contributed by atoms with Gasteiger partial charge in [0.1, 0.15) is 19.3 Å². The molecular formula is C20H42NO7P. The molecule has 29 heavy (non-hydrogen) atoms. The van der Waals surface area contributed by atoms with Crippen molar-refractivity contribution in [2.45, 2.75) is 71.3 Å².